The van der Waals surface area contributed by atoms with Gasteiger partial charge in [0.15, 0.2) is 5.72 Å². The summed E-state index contributed by atoms with van der Waals surface area (Å²) in [5, 5.41) is 11.4. The lowest BCUT2D eigenvalue weighted by molar-refractivity contribution is -0.181. The number of anilines is 1. The molecule has 3 aliphatic rings. The average Bonchev–Trinajstić information content (AvgIpc) is 3.27. The number of rotatable bonds is 7. The van der Waals surface area contributed by atoms with E-state index in [1.807, 2.05) is 12.1 Å². The van der Waals surface area contributed by atoms with Crippen LogP contribution >= 0.6 is 11.6 Å². The van der Waals surface area contributed by atoms with Gasteiger partial charge >= 0.3 is 5.97 Å². The van der Waals surface area contributed by atoms with Gasteiger partial charge in [0.05, 0.1) is 30.1 Å². The number of fused-ring (bicyclic) bond motifs is 2. The highest BCUT2D eigenvalue weighted by atomic mass is 35.5. The van der Waals surface area contributed by atoms with Gasteiger partial charge in [0.1, 0.15) is 0 Å². The maximum absolute atomic E-state index is 13.9. The molecule has 4 N–H and O–H groups in total. The van der Waals surface area contributed by atoms with Gasteiger partial charge in [-0.05, 0) is 72.9 Å². The van der Waals surface area contributed by atoms with Crippen LogP contribution in [0.25, 0.3) is 10.8 Å². The van der Waals surface area contributed by atoms with E-state index in [1.165, 1.54) is 10.4 Å². The number of ether oxygens (including phenoxy) is 1. The number of amides is 1. The lowest BCUT2D eigenvalue weighted by Crippen LogP contribution is -2.63. The van der Waals surface area contributed by atoms with Gasteiger partial charge in [-0.3, -0.25) is 14.6 Å². The van der Waals surface area contributed by atoms with Crippen molar-refractivity contribution in [3.05, 3.63) is 65.9 Å². The third kappa shape index (κ3) is 5.57. The third-order valence-corrected chi connectivity index (χ3v) is 10.5. The molecule has 3 fully saturated rings. The number of piperazine rings is 1. The van der Waals surface area contributed by atoms with Crippen molar-refractivity contribution in [1.82, 2.24) is 20.3 Å². The number of aliphatic carboxylic acids is 1. The number of aromatic nitrogens is 1. The number of carbonyl (C=O) groups excluding carboxylic acids is 1. The first kappa shape index (κ1) is 30.2. The van der Waals surface area contributed by atoms with Crippen LogP contribution in [0.15, 0.2) is 65.8 Å². The number of piperidine rings is 1. The van der Waals surface area contributed by atoms with Gasteiger partial charge in [0, 0.05) is 42.6 Å². The second-order valence-corrected chi connectivity index (χ2v) is 13.5. The minimum Gasteiger partial charge on any atom is -0.481 e. The molecule has 11 nitrogen and oxygen atoms in total. The van der Waals surface area contributed by atoms with Crippen LogP contribution in [-0.2, 0) is 24.3 Å². The minimum absolute atomic E-state index is 0. The van der Waals surface area contributed by atoms with Crippen molar-refractivity contribution in [1.29, 1.82) is 0 Å². The molecule has 1 atom stereocenters. The van der Waals surface area contributed by atoms with Crippen LogP contribution in [0, 0.1) is 0 Å². The molecule has 0 aliphatic carbocycles. The van der Waals surface area contributed by atoms with Crippen molar-refractivity contribution in [2.45, 2.75) is 48.3 Å². The lowest BCUT2D eigenvalue weighted by Gasteiger charge is -2.45. The normalized spacial score (nSPS) is 22.3. The summed E-state index contributed by atoms with van der Waals surface area (Å²) in [7, 11) is -4.06. The van der Waals surface area contributed by atoms with Crippen LogP contribution in [-0.4, -0.2) is 83.6 Å². The lowest BCUT2D eigenvalue weighted by atomic mass is 9.91. The predicted octanol–water partition coefficient (Wildman–Crippen LogP) is 3.90. The number of hydrogen-bond donors (Lipinski definition) is 2. The second kappa shape index (κ2) is 11.4. The fourth-order valence-electron chi connectivity index (χ4n) is 6.37. The molecule has 3 aromatic rings. The number of carbonyl (C=O) groups is 2. The van der Waals surface area contributed by atoms with Crippen molar-refractivity contribution in [3.63, 3.8) is 0 Å². The minimum atomic E-state index is -4.06. The molecule has 3 saturated heterocycles. The number of nitrogens with zero attached hydrogens (tertiary/aromatic N) is 4. The molecule has 4 heterocycles. The van der Waals surface area contributed by atoms with Crippen molar-refractivity contribution in [2.75, 3.05) is 37.6 Å². The number of hydrogen-bond acceptors (Lipinski definition) is 8. The predicted molar refractivity (Wildman–Crippen MR) is 158 cm³/mol. The Bertz CT molecular complexity index is 1600. The van der Waals surface area contributed by atoms with E-state index in [0.717, 1.165) is 11.1 Å². The largest absolute Gasteiger partial charge is 0.481 e. The highest BCUT2D eigenvalue weighted by molar-refractivity contribution is 7.89. The maximum atomic E-state index is 13.9. The van der Waals surface area contributed by atoms with Gasteiger partial charge in [-0.1, -0.05) is 23.7 Å². The van der Waals surface area contributed by atoms with E-state index in [2.05, 4.69) is 9.88 Å². The summed E-state index contributed by atoms with van der Waals surface area (Å²) < 4.78 is 35.8. The van der Waals surface area contributed by atoms with Crippen molar-refractivity contribution in [3.8, 4) is 0 Å². The van der Waals surface area contributed by atoms with Gasteiger partial charge in [0.25, 0.3) is 0 Å². The van der Waals surface area contributed by atoms with Crippen LogP contribution in [0.1, 0.15) is 32.1 Å². The molecular weight excluding hydrogens is 582 g/mol. The van der Waals surface area contributed by atoms with Crippen LogP contribution in [0.3, 0.4) is 0 Å². The molecule has 1 amide bonds. The van der Waals surface area contributed by atoms with E-state index in [-0.39, 0.29) is 49.3 Å². The number of pyridine rings is 1. The van der Waals surface area contributed by atoms with E-state index < -0.39 is 27.3 Å². The molecule has 0 bridgehead atoms. The van der Waals surface area contributed by atoms with E-state index in [4.69, 9.17) is 16.3 Å². The number of benzene rings is 2. The Morgan fingerprint density at radius 3 is 2.43 bits per heavy atom. The van der Waals surface area contributed by atoms with Crippen molar-refractivity contribution < 1.29 is 27.9 Å². The van der Waals surface area contributed by atoms with Gasteiger partial charge < -0.3 is 25.8 Å². The molecule has 2 aromatic carbocycles. The average molecular weight is 616 g/mol. The molecular formula is C29H34ClN5O6S. The Balaban J connectivity index is 0.00000353. The molecule has 3 aliphatic heterocycles. The van der Waals surface area contributed by atoms with Gasteiger partial charge in [-0.15, -0.1) is 0 Å². The van der Waals surface area contributed by atoms with Crippen LogP contribution in [0.4, 0.5) is 5.69 Å². The molecule has 0 saturated carbocycles. The monoisotopic (exact) mass is 615 g/mol. The van der Waals surface area contributed by atoms with E-state index in [9.17, 15) is 23.1 Å². The summed E-state index contributed by atoms with van der Waals surface area (Å²) in [6, 6.07) is 13.9. The van der Waals surface area contributed by atoms with E-state index in [0.29, 0.717) is 42.9 Å². The number of sulfonamides is 1. The molecule has 42 heavy (non-hydrogen) atoms. The Morgan fingerprint density at radius 2 is 1.71 bits per heavy atom. The molecule has 1 unspecified atom stereocenters. The first-order valence-electron chi connectivity index (χ1n) is 13.7. The zero-order chi connectivity index (χ0) is 28.8. The Hall–Kier alpha value is -3.29. The first-order valence-corrected chi connectivity index (χ1v) is 15.5. The summed E-state index contributed by atoms with van der Waals surface area (Å²) in [6.07, 6.45) is 5.19. The number of carboxylic acids is 1. The summed E-state index contributed by atoms with van der Waals surface area (Å²) in [4.78, 5) is 33.1. The van der Waals surface area contributed by atoms with Crippen LogP contribution in [0.2, 0.25) is 5.02 Å². The highest BCUT2D eigenvalue weighted by Gasteiger charge is 2.60. The highest BCUT2D eigenvalue weighted by Crippen LogP contribution is 2.46. The molecule has 6 rings (SSSR count). The quantitative estimate of drug-likeness (QED) is 0.402. The molecule has 0 radical (unpaired) electrons. The number of carboxylic acid groups (broad SMARTS) is 1. The summed E-state index contributed by atoms with van der Waals surface area (Å²) in [6.45, 7) is 1.41. The Labute approximate surface area is 249 Å². The topological polar surface area (TPSA) is 155 Å². The summed E-state index contributed by atoms with van der Waals surface area (Å²) in [5.74, 6) is -1.29. The van der Waals surface area contributed by atoms with Gasteiger partial charge in [-0.25, -0.2) is 8.42 Å². The second-order valence-electron chi connectivity index (χ2n) is 11.1. The van der Waals surface area contributed by atoms with Gasteiger partial charge in [-0.2, -0.15) is 4.31 Å². The molecule has 1 spiro atoms. The van der Waals surface area contributed by atoms with E-state index >= 15 is 0 Å². The first-order chi connectivity index (χ1) is 19.6. The third-order valence-electron chi connectivity index (χ3n) is 8.45. The van der Waals surface area contributed by atoms with Crippen molar-refractivity contribution in [2.24, 2.45) is 0 Å². The Morgan fingerprint density at radius 1 is 1.02 bits per heavy atom. The standard InChI is InChI=1S/C29H31ClN4O6S.H3N/c30-23-5-3-22-17-25(6-4-21(22)16-23)41(38,39)33-18-26(35)34-19-28(40-29(34,20-33)9-1-2-27(36)37)10-14-32(15-11-28)24-7-12-31-13-8-24;/h3-8,12-13,16-17H,1-2,9-11,14-15,18-20H2,(H,36,37);1H3. The molecule has 224 valence electrons. The summed E-state index contributed by atoms with van der Waals surface area (Å²) >= 11 is 6.09. The smallest absolute Gasteiger partial charge is 0.303 e. The summed E-state index contributed by atoms with van der Waals surface area (Å²) in [5.41, 5.74) is -0.807. The molecule has 13 heteroatoms. The SMILES string of the molecule is N.O=C(O)CCCC12CN(S(=O)(=O)c3ccc4cc(Cl)ccc4c3)CC(=O)N1CC1(CCN(c3ccncc3)CC1)O2. The van der Waals surface area contributed by atoms with E-state index in [1.54, 1.807) is 47.6 Å². The fourth-order valence-corrected chi connectivity index (χ4v) is 8.01. The maximum Gasteiger partial charge on any atom is 0.303 e. The Kier molecular flexibility index (Phi) is 8.20. The fraction of sp³-hybridized carbons (Fsp3) is 0.414. The zero-order valence-corrected chi connectivity index (χ0v) is 24.7. The van der Waals surface area contributed by atoms with Crippen molar-refractivity contribution >= 4 is 50.0 Å². The van der Waals surface area contributed by atoms with Crippen LogP contribution < -0.4 is 11.1 Å². The van der Waals surface area contributed by atoms with Crippen LogP contribution in [0.5, 0.6) is 0 Å². The molecule has 1 aromatic heterocycles. The number of halogens is 1. The van der Waals surface area contributed by atoms with Gasteiger partial charge in [0.2, 0.25) is 15.9 Å². The zero-order valence-electron chi connectivity index (χ0n) is 23.1.